The summed E-state index contributed by atoms with van der Waals surface area (Å²) >= 11 is 1.45. The van der Waals surface area contributed by atoms with Crippen molar-refractivity contribution in [3.63, 3.8) is 0 Å². The minimum absolute atomic E-state index is 0.0272. The highest BCUT2D eigenvalue weighted by atomic mass is 32.2. The van der Waals surface area contributed by atoms with Crippen LogP contribution in [0.1, 0.15) is 36.1 Å². The van der Waals surface area contributed by atoms with Gasteiger partial charge in [-0.25, -0.2) is 9.97 Å². The van der Waals surface area contributed by atoms with E-state index in [-0.39, 0.29) is 18.2 Å². The Morgan fingerprint density at radius 1 is 1.34 bits per heavy atom. The molecule has 9 heteroatoms. The number of hydrogen-bond donors (Lipinski definition) is 1. The molecule has 1 N–H and O–H groups in total. The number of nitriles is 1. The van der Waals surface area contributed by atoms with Gasteiger partial charge in [-0.1, -0.05) is 42.6 Å². The molecule has 2 aromatic rings. The highest BCUT2D eigenvalue weighted by molar-refractivity contribution is 7.98. The number of nitrogens with zero attached hydrogens (tertiary/aromatic N) is 5. The van der Waals surface area contributed by atoms with Crippen LogP contribution in [0.2, 0.25) is 0 Å². The molecular formula is C26H26N6O2S. The van der Waals surface area contributed by atoms with Crippen LogP contribution in [0.4, 0.5) is 11.5 Å². The SMILES string of the molecule is C=CC(=O)N1CCN(c2nc(SC)nc3c2NC(=O)C2(CCCc4ccccc42)C3)C=C1CC#N. The Bertz CT molecular complexity index is 1300. The van der Waals surface area contributed by atoms with Crippen LogP contribution in [0.25, 0.3) is 0 Å². The zero-order valence-electron chi connectivity index (χ0n) is 19.6. The van der Waals surface area contributed by atoms with Crippen molar-refractivity contribution in [3.8, 4) is 6.07 Å². The van der Waals surface area contributed by atoms with E-state index in [1.54, 1.807) is 11.1 Å². The predicted molar refractivity (Wildman–Crippen MR) is 135 cm³/mol. The van der Waals surface area contributed by atoms with Gasteiger partial charge >= 0.3 is 0 Å². The lowest BCUT2D eigenvalue weighted by atomic mass is 9.65. The molecule has 0 saturated carbocycles. The molecule has 35 heavy (non-hydrogen) atoms. The van der Waals surface area contributed by atoms with Gasteiger partial charge in [0, 0.05) is 25.7 Å². The van der Waals surface area contributed by atoms with E-state index >= 15 is 0 Å². The van der Waals surface area contributed by atoms with E-state index in [1.807, 2.05) is 23.3 Å². The van der Waals surface area contributed by atoms with Crippen molar-refractivity contribution in [2.45, 2.75) is 42.7 Å². The molecule has 3 heterocycles. The monoisotopic (exact) mass is 486 g/mol. The summed E-state index contributed by atoms with van der Waals surface area (Å²) in [7, 11) is 0. The van der Waals surface area contributed by atoms with E-state index in [1.165, 1.54) is 23.4 Å². The number of nitrogens with one attached hydrogen (secondary N) is 1. The van der Waals surface area contributed by atoms with Crippen molar-refractivity contribution in [2.24, 2.45) is 0 Å². The van der Waals surface area contributed by atoms with Crippen molar-refractivity contribution in [3.05, 3.63) is 65.6 Å². The Morgan fingerprint density at radius 3 is 2.94 bits per heavy atom. The summed E-state index contributed by atoms with van der Waals surface area (Å²) in [4.78, 5) is 39.0. The van der Waals surface area contributed by atoms with Crippen molar-refractivity contribution in [2.75, 3.05) is 29.6 Å². The Kier molecular flexibility index (Phi) is 6.07. The first-order valence-electron chi connectivity index (χ1n) is 11.6. The maximum atomic E-state index is 13.7. The number of fused-ring (bicyclic) bond motifs is 3. The van der Waals surface area contributed by atoms with E-state index in [9.17, 15) is 14.9 Å². The number of anilines is 2. The molecule has 1 aromatic heterocycles. The lowest BCUT2D eigenvalue weighted by molar-refractivity contribution is -0.124. The van der Waals surface area contributed by atoms with Gasteiger partial charge < -0.3 is 15.1 Å². The molecule has 178 valence electrons. The Labute approximate surface area is 208 Å². The number of aromatic nitrogens is 2. The normalized spacial score (nSPS) is 20.9. The number of thioether (sulfide) groups is 1. The molecule has 1 unspecified atom stereocenters. The van der Waals surface area contributed by atoms with Crippen LogP contribution in [0.15, 0.2) is 54.0 Å². The molecule has 3 aliphatic rings. The Balaban J connectivity index is 1.59. The number of amides is 2. The van der Waals surface area contributed by atoms with Crippen LogP contribution in [0.3, 0.4) is 0 Å². The second kappa shape index (κ2) is 9.19. The van der Waals surface area contributed by atoms with Crippen molar-refractivity contribution in [1.82, 2.24) is 14.9 Å². The van der Waals surface area contributed by atoms with Gasteiger partial charge in [-0.3, -0.25) is 9.59 Å². The second-order valence-corrected chi connectivity index (χ2v) is 9.70. The number of benzene rings is 1. The molecule has 5 rings (SSSR count). The average Bonchev–Trinajstić information content (AvgIpc) is 2.89. The number of allylic oxidation sites excluding steroid dienone is 1. The summed E-state index contributed by atoms with van der Waals surface area (Å²) in [6, 6.07) is 10.3. The quantitative estimate of drug-likeness (QED) is 0.400. The summed E-state index contributed by atoms with van der Waals surface area (Å²) in [6.07, 6.45) is 8.24. The number of carbonyl (C=O) groups is 2. The minimum atomic E-state index is -0.639. The van der Waals surface area contributed by atoms with Crippen LogP contribution < -0.4 is 10.2 Å². The summed E-state index contributed by atoms with van der Waals surface area (Å²) in [6.45, 7) is 4.42. The smallest absolute Gasteiger partial charge is 0.250 e. The maximum absolute atomic E-state index is 13.7. The third-order valence-corrected chi connectivity index (χ3v) is 7.59. The van der Waals surface area contributed by atoms with Gasteiger partial charge in [0.15, 0.2) is 11.0 Å². The molecule has 0 fully saturated rings. The van der Waals surface area contributed by atoms with Crippen molar-refractivity contribution < 1.29 is 9.59 Å². The van der Waals surface area contributed by atoms with Gasteiger partial charge in [0.05, 0.1) is 29.3 Å². The molecule has 8 nitrogen and oxygen atoms in total. The highest BCUT2D eigenvalue weighted by Crippen LogP contribution is 2.46. The summed E-state index contributed by atoms with van der Waals surface area (Å²) < 4.78 is 0. The number of aryl methyl sites for hydroxylation is 1. The van der Waals surface area contributed by atoms with Crippen LogP contribution >= 0.6 is 11.8 Å². The predicted octanol–water partition coefficient (Wildman–Crippen LogP) is 3.56. The van der Waals surface area contributed by atoms with Crippen molar-refractivity contribution in [1.29, 1.82) is 5.26 Å². The van der Waals surface area contributed by atoms with E-state index < -0.39 is 5.41 Å². The van der Waals surface area contributed by atoms with Crippen molar-refractivity contribution >= 4 is 35.1 Å². The van der Waals surface area contributed by atoms with E-state index in [0.717, 1.165) is 30.5 Å². The average molecular weight is 487 g/mol. The Hall–Kier alpha value is -3.64. The fourth-order valence-corrected chi connectivity index (χ4v) is 5.76. The zero-order chi connectivity index (χ0) is 24.6. The first kappa shape index (κ1) is 23.1. The third-order valence-electron chi connectivity index (χ3n) is 7.04. The summed E-state index contributed by atoms with van der Waals surface area (Å²) in [5.41, 5.74) is 3.67. The van der Waals surface area contributed by atoms with Crippen LogP contribution in [0.5, 0.6) is 0 Å². The van der Waals surface area contributed by atoms with Gasteiger partial charge in [-0.05, 0) is 42.7 Å². The van der Waals surface area contributed by atoms with Gasteiger partial charge in [0.1, 0.15) is 5.69 Å². The fourth-order valence-electron chi connectivity index (χ4n) is 5.38. The molecule has 2 amide bonds. The molecule has 0 radical (unpaired) electrons. The Morgan fingerprint density at radius 2 is 2.17 bits per heavy atom. The van der Waals surface area contributed by atoms with Crippen LogP contribution in [-0.2, 0) is 27.8 Å². The molecule has 1 atom stereocenters. The molecule has 1 aliphatic carbocycles. The third kappa shape index (κ3) is 3.88. The second-order valence-electron chi connectivity index (χ2n) is 8.92. The molecule has 1 spiro atoms. The molecule has 1 aromatic carbocycles. The first-order valence-corrected chi connectivity index (χ1v) is 12.9. The number of rotatable bonds is 4. The van der Waals surface area contributed by atoms with Gasteiger partial charge in [-0.2, -0.15) is 5.26 Å². The number of hydrogen-bond acceptors (Lipinski definition) is 7. The lowest BCUT2D eigenvalue weighted by Gasteiger charge is -2.42. The molecule has 2 aliphatic heterocycles. The summed E-state index contributed by atoms with van der Waals surface area (Å²) in [5.74, 6) is 0.320. The van der Waals surface area contributed by atoms with Crippen LogP contribution in [0, 0.1) is 11.3 Å². The van der Waals surface area contributed by atoms with Gasteiger partial charge in [0.2, 0.25) is 11.8 Å². The summed E-state index contributed by atoms with van der Waals surface area (Å²) in [5, 5.41) is 13.1. The molecular weight excluding hydrogens is 460 g/mol. The first-order chi connectivity index (χ1) is 17.0. The van der Waals surface area contributed by atoms with E-state index in [4.69, 9.17) is 9.97 Å². The highest BCUT2D eigenvalue weighted by Gasteiger charge is 2.48. The van der Waals surface area contributed by atoms with Gasteiger partial charge in [0.25, 0.3) is 0 Å². The van der Waals surface area contributed by atoms with E-state index in [0.29, 0.717) is 41.9 Å². The topological polar surface area (TPSA) is 102 Å². The zero-order valence-corrected chi connectivity index (χ0v) is 20.4. The lowest BCUT2D eigenvalue weighted by Crippen LogP contribution is -2.49. The maximum Gasteiger partial charge on any atom is 0.250 e. The van der Waals surface area contributed by atoms with Gasteiger partial charge in [-0.15, -0.1) is 0 Å². The van der Waals surface area contributed by atoms with E-state index in [2.05, 4.69) is 30.1 Å². The largest absolute Gasteiger partial charge is 0.328 e. The standard InChI is InChI=1S/C26H26N6O2S/c1-3-21(33)32-14-13-31(16-18(32)10-12-27)23-22-20(28-25(30-23)35-2)15-26(24(34)29-22)11-6-8-17-7-4-5-9-19(17)26/h3-5,7,9,16H,1,6,8,10-11,13-15H2,2H3,(H,29,34). The molecule has 0 bridgehead atoms. The molecule has 0 saturated heterocycles. The fraction of sp³-hybridized carbons (Fsp3) is 0.346. The van der Waals surface area contributed by atoms with Crippen LogP contribution in [-0.4, -0.2) is 46.0 Å². The number of carbonyl (C=O) groups excluding carboxylic acids is 2. The minimum Gasteiger partial charge on any atom is -0.328 e.